The SMILES string of the molecule is CCOc1ccccc1C(=O)N1CCCN(C(C)=O)c2ccccc21. The zero-order chi connectivity index (χ0) is 17.8. The molecule has 1 aliphatic rings. The van der Waals surface area contributed by atoms with E-state index in [-0.39, 0.29) is 11.8 Å². The second-order valence-corrected chi connectivity index (χ2v) is 5.90. The number of carbonyl (C=O) groups excluding carboxylic acids is 2. The first-order valence-corrected chi connectivity index (χ1v) is 8.54. The maximum Gasteiger partial charge on any atom is 0.262 e. The molecule has 5 nitrogen and oxygen atoms in total. The highest BCUT2D eigenvalue weighted by Gasteiger charge is 2.28. The molecule has 0 spiro atoms. The van der Waals surface area contributed by atoms with Crippen molar-refractivity contribution >= 4 is 23.2 Å². The van der Waals surface area contributed by atoms with Crippen LogP contribution in [0.5, 0.6) is 5.75 Å². The molecule has 0 radical (unpaired) electrons. The molecule has 0 unspecified atom stereocenters. The van der Waals surface area contributed by atoms with Crippen molar-refractivity contribution < 1.29 is 14.3 Å². The first-order valence-electron chi connectivity index (χ1n) is 8.54. The van der Waals surface area contributed by atoms with Gasteiger partial charge in [0.05, 0.1) is 23.5 Å². The van der Waals surface area contributed by atoms with Crippen molar-refractivity contribution in [1.82, 2.24) is 0 Å². The Kier molecular flexibility index (Phi) is 5.03. The van der Waals surface area contributed by atoms with Crippen molar-refractivity contribution in [2.24, 2.45) is 0 Å². The second-order valence-electron chi connectivity index (χ2n) is 5.90. The van der Waals surface area contributed by atoms with Crippen LogP contribution in [0.4, 0.5) is 11.4 Å². The van der Waals surface area contributed by atoms with Gasteiger partial charge in [-0.25, -0.2) is 0 Å². The fourth-order valence-corrected chi connectivity index (χ4v) is 3.16. The summed E-state index contributed by atoms with van der Waals surface area (Å²) < 4.78 is 5.62. The Morgan fingerprint density at radius 1 is 0.960 bits per heavy atom. The number of fused-ring (bicyclic) bond motifs is 1. The summed E-state index contributed by atoms with van der Waals surface area (Å²) in [6, 6.07) is 14.8. The van der Waals surface area contributed by atoms with Gasteiger partial charge < -0.3 is 14.5 Å². The van der Waals surface area contributed by atoms with Crippen molar-refractivity contribution in [2.75, 3.05) is 29.5 Å². The third-order valence-corrected chi connectivity index (χ3v) is 4.27. The third kappa shape index (κ3) is 3.36. The summed E-state index contributed by atoms with van der Waals surface area (Å²) in [6.45, 7) is 5.11. The number of hydrogen-bond donors (Lipinski definition) is 0. The number of rotatable bonds is 3. The summed E-state index contributed by atoms with van der Waals surface area (Å²) in [5.41, 5.74) is 2.07. The predicted molar refractivity (Wildman–Crippen MR) is 98.4 cm³/mol. The van der Waals surface area contributed by atoms with Crippen LogP contribution in [-0.4, -0.2) is 31.5 Å². The predicted octanol–water partition coefficient (Wildman–Crippen LogP) is 3.49. The normalized spacial score (nSPS) is 13.8. The lowest BCUT2D eigenvalue weighted by Gasteiger charge is -2.25. The van der Waals surface area contributed by atoms with E-state index in [1.165, 1.54) is 0 Å². The van der Waals surface area contributed by atoms with E-state index >= 15 is 0 Å². The van der Waals surface area contributed by atoms with E-state index in [0.717, 1.165) is 17.8 Å². The molecule has 0 N–H and O–H groups in total. The van der Waals surface area contributed by atoms with Gasteiger partial charge in [-0.15, -0.1) is 0 Å². The van der Waals surface area contributed by atoms with Gasteiger partial charge in [0.2, 0.25) is 5.91 Å². The first kappa shape index (κ1) is 17.0. The topological polar surface area (TPSA) is 49.9 Å². The minimum absolute atomic E-state index is 0.0172. The molecular formula is C20H22N2O3. The molecule has 1 aliphatic heterocycles. The van der Waals surface area contributed by atoms with E-state index in [0.29, 0.717) is 31.0 Å². The van der Waals surface area contributed by atoms with Crippen LogP contribution >= 0.6 is 0 Å². The Hall–Kier alpha value is -2.82. The van der Waals surface area contributed by atoms with Crippen LogP contribution in [0.25, 0.3) is 0 Å². The number of para-hydroxylation sites is 3. The maximum atomic E-state index is 13.2. The lowest BCUT2D eigenvalue weighted by molar-refractivity contribution is -0.116. The molecule has 0 aliphatic carbocycles. The Bertz CT molecular complexity index is 788. The minimum atomic E-state index is -0.109. The van der Waals surface area contributed by atoms with Crippen LogP contribution in [0, 0.1) is 0 Å². The molecule has 130 valence electrons. The van der Waals surface area contributed by atoms with E-state index < -0.39 is 0 Å². The highest BCUT2D eigenvalue weighted by Crippen LogP contribution is 2.34. The molecule has 0 bridgehead atoms. The quantitative estimate of drug-likeness (QED) is 0.861. The Labute approximate surface area is 147 Å². The summed E-state index contributed by atoms with van der Waals surface area (Å²) in [6.07, 6.45) is 0.719. The van der Waals surface area contributed by atoms with E-state index in [9.17, 15) is 9.59 Å². The van der Waals surface area contributed by atoms with Crippen molar-refractivity contribution in [2.45, 2.75) is 20.3 Å². The van der Waals surface area contributed by atoms with Crippen LogP contribution in [0.3, 0.4) is 0 Å². The summed E-state index contributed by atoms with van der Waals surface area (Å²) in [7, 11) is 0. The van der Waals surface area contributed by atoms with Crippen LogP contribution in [0.2, 0.25) is 0 Å². The zero-order valence-corrected chi connectivity index (χ0v) is 14.6. The Balaban J connectivity index is 2.03. The molecule has 25 heavy (non-hydrogen) atoms. The van der Waals surface area contributed by atoms with E-state index in [2.05, 4.69) is 0 Å². The maximum absolute atomic E-state index is 13.2. The average molecular weight is 338 g/mol. The van der Waals surface area contributed by atoms with Gasteiger partial charge in [-0.3, -0.25) is 9.59 Å². The molecule has 5 heteroatoms. The number of nitrogens with zero attached hydrogens (tertiary/aromatic N) is 2. The monoisotopic (exact) mass is 338 g/mol. The average Bonchev–Trinajstić information content (AvgIpc) is 2.82. The second kappa shape index (κ2) is 7.38. The molecule has 0 saturated heterocycles. The number of hydrogen-bond acceptors (Lipinski definition) is 3. The van der Waals surface area contributed by atoms with E-state index in [1.54, 1.807) is 22.8 Å². The van der Waals surface area contributed by atoms with Gasteiger partial charge in [0.15, 0.2) is 0 Å². The molecule has 2 aromatic carbocycles. The number of ether oxygens (including phenoxy) is 1. The first-order chi connectivity index (χ1) is 12.1. The number of amides is 2. The summed E-state index contributed by atoms with van der Waals surface area (Å²) >= 11 is 0. The number of benzene rings is 2. The van der Waals surface area contributed by atoms with Crippen LogP contribution in [-0.2, 0) is 4.79 Å². The molecule has 0 aromatic heterocycles. The van der Waals surface area contributed by atoms with E-state index in [1.807, 2.05) is 49.4 Å². The van der Waals surface area contributed by atoms with Gasteiger partial charge in [-0.2, -0.15) is 0 Å². The summed E-state index contributed by atoms with van der Waals surface area (Å²) in [5.74, 6) is 0.457. The van der Waals surface area contributed by atoms with E-state index in [4.69, 9.17) is 4.74 Å². The van der Waals surface area contributed by atoms with Crippen LogP contribution < -0.4 is 14.5 Å². The van der Waals surface area contributed by atoms with Gasteiger partial charge in [0.25, 0.3) is 5.91 Å². The number of carbonyl (C=O) groups is 2. The van der Waals surface area contributed by atoms with Crippen LogP contribution in [0.15, 0.2) is 48.5 Å². The highest BCUT2D eigenvalue weighted by molar-refractivity contribution is 6.10. The zero-order valence-electron chi connectivity index (χ0n) is 14.6. The van der Waals surface area contributed by atoms with Gasteiger partial charge in [-0.05, 0) is 37.6 Å². The molecule has 0 fully saturated rings. The van der Waals surface area contributed by atoms with Crippen LogP contribution in [0.1, 0.15) is 30.6 Å². The smallest absolute Gasteiger partial charge is 0.262 e. The van der Waals surface area contributed by atoms with Crippen molar-refractivity contribution in [3.05, 3.63) is 54.1 Å². The fraction of sp³-hybridized carbons (Fsp3) is 0.300. The Morgan fingerprint density at radius 2 is 1.56 bits per heavy atom. The Morgan fingerprint density at radius 3 is 2.24 bits per heavy atom. The van der Waals surface area contributed by atoms with Gasteiger partial charge in [-0.1, -0.05) is 24.3 Å². The molecule has 2 aromatic rings. The molecular weight excluding hydrogens is 316 g/mol. The van der Waals surface area contributed by atoms with Gasteiger partial charge in [0, 0.05) is 20.0 Å². The highest BCUT2D eigenvalue weighted by atomic mass is 16.5. The molecule has 3 rings (SSSR count). The van der Waals surface area contributed by atoms with Crippen molar-refractivity contribution in [1.29, 1.82) is 0 Å². The molecule has 1 heterocycles. The fourth-order valence-electron chi connectivity index (χ4n) is 3.16. The minimum Gasteiger partial charge on any atom is -0.493 e. The number of anilines is 2. The third-order valence-electron chi connectivity index (χ3n) is 4.27. The lowest BCUT2D eigenvalue weighted by Crippen LogP contribution is -2.31. The van der Waals surface area contributed by atoms with Gasteiger partial charge >= 0.3 is 0 Å². The summed E-state index contributed by atoms with van der Waals surface area (Å²) in [5, 5.41) is 0. The molecule has 2 amide bonds. The largest absolute Gasteiger partial charge is 0.493 e. The van der Waals surface area contributed by atoms with Crippen molar-refractivity contribution in [3.8, 4) is 5.75 Å². The summed E-state index contributed by atoms with van der Waals surface area (Å²) in [4.78, 5) is 28.7. The van der Waals surface area contributed by atoms with Crippen molar-refractivity contribution in [3.63, 3.8) is 0 Å². The molecule has 0 saturated carbocycles. The van der Waals surface area contributed by atoms with Gasteiger partial charge in [0.1, 0.15) is 5.75 Å². The molecule has 0 atom stereocenters. The standard InChI is InChI=1S/C20H22N2O3/c1-3-25-19-12-7-4-9-16(19)20(24)22-14-8-13-21(15(2)23)17-10-5-6-11-18(17)22/h4-7,9-12H,3,8,13-14H2,1-2H3. The lowest BCUT2D eigenvalue weighted by atomic mass is 10.1.